The van der Waals surface area contributed by atoms with E-state index in [1.807, 2.05) is 13.8 Å². The Balaban J connectivity index is 1.77. The third kappa shape index (κ3) is 4.45. The zero-order valence-corrected chi connectivity index (χ0v) is 19.3. The highest BCUT2D eigenvalue weighted by atomic mass is 32.1. The third-order valence-electron chi connectivity index (χ3n) is 5.81. The Labute approximate surface area is 182 Å². The minimum Gasteiger partial charge on any atom is -0.462 e. The lowest BCUT2D eigenvalue weighted by atomic mass is 10.1. The van der Waals surface area contributed by atoms with Gasteiger partial charge in [-0.15, -0.1) is 11.3 Å². The Morgan fingerprint density at radius 1 is 1.17 bits per heavy atom. The van der Waals surface area contributed by atoms with E-state index >= 15 is 0 Å². The first-order valence-electron chi connectivity index (χ1n) is 11.1. The maximum Gasteiger partial charge on any atom is 0.348 e. The van der Waals surface area contributed by atoms with Gasteiger partial charge in [0.1, 0.15) is 21.3 Å². The van der Waals surface area contributed by atoms with Crippen molar-refractivity contribution >= 4 is 33.3 Å². The number of piperidine rings is 1. The van der Waals surface area contributed by atoms with Crippen LogP contribution in [0.5, 0.6) is 0 Å². The van der Waals surface area contributed by atoms with E-state index in [0.29, 0.717) is 11.5 Å². The first-order chi connectivity index (χ1) is 14.5. The molecule has 2 aliphatic heterocycles. The molecule has 2 fully saturated rings. The molecule has 2 aliphatic rings. The van der Waals surface area contributed by atoms with E-state index in [0.717, 1.165) is 60.1 Å². The third-order valence-corrected chi connectivity index (χ3v) is 6.98. The highest BCUT2D eigenvalue weighted by Crippen LogP contribution is 2.37. The summed E-state index contributed by atoms with van der Waals surface area (Å²) in [5.41, 5.74) is 0.916. The van der Waals surface area contributed by atoms with Gasteiger partial charge in [-0.1, -0.05) is 6.42 Å². The van der Waals surface area contributed by atoms with Crippen LogP contribution in [0.2, 0.25) is 0 Å². The van der Waals surface area contributed by atoms with Crippen molar-refractivity contribution in [3.63, 3.8) is 0 Å². The number of aryl methyl sites for hydroxylation is 1. The molecule has 30 heavy (non-hydrogen) atoms. The van der Waals surface area contributed by atoms with Crippen LogP contribution >= 0.6 is 11.3 Å². The molecule has 2 aromatic heterocycles. The van der Waals surface area contributed by atoms with Gasteiger partial charge in [0.25, 0.3) is 0 Å². The average Bonchev–Trinajstić information content (AvgIpc) is 3.04. The van der Waals surface area contributed by atoms with Gasteiger partial charge in [-0.3, -0.25) is 4.90 Å². The number of hydrogen-bond acceptors (Lipinski definition) is 8. The molecule has 4 rings (SSSR count). The molecule has 2 saturated heterocycles. The van der Waals surface area contributed by atoms with Crippen molar-refractivity contribution in [3.05, 3.63) is 16.3 Å². The monoisotopic (exact) mass is 432 g/mol. The summed E-state index contributed by atoms with van der Waals surface area (Å²) in [6.07, 6.45) is 4.04. The van der Waals surface area contributed by atoms with E-state index < -0.39 is 0 Å². The van der Waals surface area contributed by atoms with Crippen molar-refractivity contribution in [2.24, 2.45) is 0 Å². The molecule has 0 aliphatic carbocycles. The number of likely N-dealkylation sites (tertiary alicyclic amines) is 1. The molecule has 2 aromatic rings. The second kappa shape index (κ2) is 9.16. The summed E-state index contributed by atoms with van der Waals surface area (Å²) in [7, 11) is 0. The summed E-state index contributed by atoms with van der Waals surface area (Å²) >= 11 is 1.43. The average molecular weight is 433 g/mol. The smallest absolute Gasteiger partial charge is 0.348 e. The van der Waals surface area contributed by atoms with Gasteiger partial charge < -0.3 is 14.4 Å². The molecule has 0 spiro atoms. The molecule has 8 heteroatoms. The lowest BCUT2D eigenvalue weighted by Crippen LogP contribution is -2.46. The van der Waals surface area contributed by atoms with Crippen LogP contribution < -0.4 is 4.90 Å². The highest BCUT2D eigenvalue weighted by molar-refractivity contribution is 7.20. The Morgan fingerprint density at radius 2 is 1.87 bits per heavy atom. The van der Waals surface area contributed by atoms with Crippen molar-refractivity contribution < 1.29 is 14.3 Å². The van der Waals surface area contributed by atoms with Crippen LogP contribution in [0.25, 0.3) is 10.2 Å². The number of aromatic nitrogens is 2. The summed E-state index contributed by atoms with van der Waals surface area (Å²) < 4.78 is 11.2. The van der Waals surface area contributed by atoms with E-state index in [2.05, 4.69) is 23.6 Å². The second-order valence-electron chi connectivity index (χ2n) is 8.42. The van der Waals surface area contributed by atoms with Crippen LogP contribution in [0.4, 0.5) is 5.82 Å². The van der Waals surface area contributed by atoms with Crippen LogP contribution in [0.1, 0.15) is 61.1 Å². The van der Waals surface area contributed by atoms with E-state index in [-0.39, 0.29) is 18.2 Å². The summed E-state index contributed by atoms with van der Waals surface area (Å²) in [6.45, 7) is 12.9. The lowest BCUT2D eigenvalue weighted by molar-refractivity contribution is -0.00540. The number of morpholine rings is 1. The van der Waals surface area contributed by atoms with Crippen LogP contribution in [-0.4, -0.2) is 65.8 Å². The molecule has 0 N–H and O–H groups in total. The predicted octanol–water partition coefficient (Wildman–Crippen LogP) is 3.78. The molecule has 0 saturated carbocycles. The summed E-state index contributed by atoms with van der Waals surface area (Å²) in [6, 6.07) is 0. The molecule has 0 amide bonds. The zero-order valence-electron chi connectivity index (χ0n) is 18.4. The number of thiophene rings is 1. The van der Waals surface area contributed by atoms with Gasteiger partial charge in [0, 0.05) is 13.1 Å². The fourth-order valence-electron chi connectivity index (χ4n) is 4.52. The fourth-order valence-corrected chi connectivity index (χ4v) is 5.61. The van der Waals surface area contributed by atoms with Gasteiger partial charge >= 0.3 is 5.97 Å². The number of anilines is 1. The van der Waals surface area contributed by atoms with Crippen molar-refractivity contribution in [3.8, 4) is 0 Å². The Bertz CT molecular complexity index is 899. The van der Waals surface area contributed by atoms with E-state index in [1.165, 1.54) is 30.6 Å². The number of carbonyl (C=O) groups is 1. The molecule has 0 aromatic carbocycles. The zero-order chi connectivity index (χ0) is 21.3. The normalized spacial score (nSPS) is 23.1. The Morgan fingerprint density at radius 3 is 2.53 bits per heavy atom. The van der Waals surface area contributed by atoms with Crippen LogP contribution in [0, 0.1) is 6.92 Å². The summed E-state index contributed by atoms with van der Waals surface area (Å²) in [5, 5.41) is 0.978. The van der Waals surface area contributed by atoms with Gasteiger partial charge in [-0.25, -0.2) is 14.8 Å². The maximum atomic E-state index is 12.5. The summed E-state index contributed by atoms with van der Waals surface area (Å²) in [4.78, 5) is 28.7. The molecule has 0 radical (unpaired) electrons. The lowest BCUT2D eigenvalue weighted by Gasteiger charge is -2.36. The van der Waals surface area contributed by atoms with E-state index in [4.69, 9.17) is 19.4 Å². The van der Waals surface area contributed by atoms with Gasteiger partial charge in [-0.05, 0) is 59.2 Å². The van der Waals surface area contributed by atoms with Gasteiger partial charge in [0.15, 0.2) is 0 Å². The van der Waals surface area contributed by atoms with Gasteiger partial charge in [-0.2, -0.15) is 0 Å². The van der Waals surface area contributed by atoms with Gasteiger partial charge in [0.2, 0.25) is 0 Å². The molecular weight excluding hydrogens is 400 g/mol. The number of nitrogens with zero attached hydrogens (tertiary/aromatic N) is 4. The molecule has 0 bridgehead atoms. The minimum absolute atomic E-state index is 0.132. The fraction of sp³-hybridized carbons (Fsp3) is 0.682. The van der Waals surface area contributed by atoms with Crippen LogP contribution in [0.15, 0.2) is 0 Å². The Hall–Kier alpha value is -1.77. The molecule has 2 atom stereocenters. The predicted molar refractivity (Wildman–Crippen MR) is 119 cm³/mol. The second-order valence-corrected chi connectivity index (χ2v) is 9.42. The number of hydrogen-bond donors (Lipinski definition) is 0. The maximum absolute atomic E-state index is 12.5. The first kappa shape index (κ1) is 21.5. The van der Waals surface area contributed by atoms with Crippen molar-refractivity contribution in [1.82, 2.24) is 14.9 Å². The molecular formula is C22H32N4O3S. The Kier molecular flexibility index (Phi) is 6.55. The van der Waals surface area contributed by atoms with Crippen molar-refractivity contribution in [1.29, 1.82) is 0 Å². The minimum atomic E-state index is -0.273. The standard InChI is InChI=1S/C22H32N4O3S/c1-5-28-22(27)19-16(4)18-20(26-11-14(2)29-15(3)12-26)23-17(24-21(18)30-19)13-25-9-7-6-8-10-25/h14-15H,5-13H2,1-4H3/t14-,15-/m0/s1. The van der Waals surface area contributed by atoms with Crippen LogP contribution in [-0.2, 0) is 16.0 Å². The first-order valence-corrected chi connectivity index (χ1v) is 11.9. The number of fused-ring (bicyclic) bond motifs is 1. The largest absolute Gasteiger partial charge is 0.462 e. The van der Waals surface area contributed by atoms with Gasteiger partial charge in [0.05, 0.1) is 30.7 Å². The number of carbonyl (C=O) groups excluding carboxylic acids is 1. The molecule has 164 valence electrons. The van der Waals surface area contributed by atoms with Crippen molar-refractivity contribution in [2.45, 2.75) is 65.7 Å². The number of esters is 1. The molecule has 0 unspecified atom stereocenters. The molecule has 7 nitrogen and oxygen atoms in total. The number of ether oxygens (including phenoxy) is 2. The van der Waals surface area contributed by atoms with Crippen LogP contribution in [0.3, 0.4) is 0 Å². The van der Waals surface area contributed by atoms with E-state index in [1.54, 1.807) is 0 Å². The topological polar surface area (TPSA) is 67.8 Å². The number of rotatable bonds is 5. The van der Waals surface area contributed by atoms with E-state index in [9.17, 15) is 4.79 Å². The SMILES string of the molecule is CCOC(=O)c1sc2nc(CN3CCCCC3)nc(N3C[C@H](C)O[C@@H](C)C3)c2c1C. The summed E-state index contributed by atoms with van der Waals surface area (Å²) in [5.74, 6) is 1.49. The van der Waals surface area contributed by atoms with Crippen molar-refractivity contribution in [2.75, 3.05) is 37.7 Å². The molecule has 4 heterocycles. The quantitative estimate of drug-likeness (QED) is 0.666. The highest BCUT2D eigenvalue weighted by Gasteiger charge is 2.29.